The molecule has 0 aliphatic rings. The molecule has 0 fully saturated rings. The van der Waals surface area contributed by atoms with Crippen LogP contribution in [-0.2, 0) is 13.1 Å². The highest BCUT2D eigenvalue weighted by Crippen LogP contribution is 2.20. The third-order valence-electron chi connectivity index (χ3n) is 2.80. The van der Waals surface area contributed by atoms with E-state index < -0.39 is 0 Å². The maximum Gasteiger partial charge on any atom is 0.191 e. The van der Waals surface area contributed by atoms with Crippen molar-refractivity contribution in [2.45, 2.75) is 31.6 Å². The summed E-state index contributed by atoms with van der Waals surface area (Å²) in [6.07, 6.45) is 1.03. The normalized spacial score (nSPS) is 10.8. The van der Waals surface area contributed by atoms with E-state index in [9.17, 15) is 0 Å². The van der Waals surface area contributed by atoms with Gasteiger partial charge in [0.1, 0.15) is 11.6 Å². The molecule has 114 valence electrons. The van der Waals surface area contributed by atoms with Crippen molar-refractivity contribution >= 4 is 27.7 Å². The van der Waals surface area contributed by atoms with Crippen LogP contribution in [-0.4, -0.2) is 27.1 Å². The monoisotopic (exact) mass is 370 g/mol. The quantitative estimate of drug-likeness (QED) is 0.571. The van der Waals surface area contributed by atoms with Crippen LogP contribution < -0.4 is 10.5 Å². The molecule has 0 saturated heterocycles. The maximum absolute atomic E-state index is 5.71. The molecule has 0 radical (unpaired) electrons. The van der Waals surface area contributed by atoms with E-state index in [0.717, 1.165) is 39.9 Å². The Labute approximate surface area is 137 Å². The van der Waals surface area contributed by atoms with Gasteiger partial charge in [-0.1, -0.05) is 40.7 Å². The molecule has 0 unspecified atom stereocenters. The largest absolute Gasteiger partial charge is 0.493 e. The van der Waals surface area contributed by atoms with Crippen LogP contribution >= 0.6 is 27.7 Å². The summed E-state index contributed by atoms with van der Waals surface area (Å²) < 4.78 is 8.81. The Morgan fingerprint density at radius 2 is 2.24 bits per heavy atom. The van der Waals surface area contributed by atoms with Gasteiger partial charge >= 0.3 is 0 Å². The number of thioether (sulfide) groups is 1. The van der Waals surface area contributed by atoms with Crippen LogP contribution in [0, 0.1) is 0 Å². The van der Waals surface area contributed by atoms with E-state index in [0.29, 0.717) is 13.2 Å². The van der Waals surface area contributed by atoms with Crippen LogP contribution in [0.4, 0.5) is 0 Å². The smallest absolute Gasteiger partial charge is 0.191 e. The van der Waals surface area contributed by atoms with Gasteiger partial charge in [-0.25, -0.2) is 0 Å². The van der Waals surface area contributed by atoms with Crippen LogP contribution in [0.1, 0.15) is 19.2 Å². The fraction of sp³-hybridized carbons (Fsp3) is 0.429. The molecule has 0 saturated carbocycles. The van der Waals surface area contributed by atoms with Gasteiger partial charge in [-0.15, -0.1) is 10.2 Å². The molecule has 21 heavy (non-hydrogen) atoms. The lowest BCUT2D eigenvalue weighted by Crippen LogP contribution is -2.09. The molecule has 0 aliphatic carbocycles. The molecular weight excluding hydrogens is 352 g/mol. The first-order valence-electron chi connectivity index (χ1n) is 6.88. The predicted molar refractivity (Wildman–Crippen MR) is 88.6 cm³/mol. The molecule has 2 N–H and O–H groups in total. The lowest BCUT2D eigenvalue weighted by atomic mass is 10.3. The van der Waals surface area contributed by atoms with Crippen molar-refractivity contribution in [1.82, 2.24) is 14.8 Å². The van der Waals surface area contributed by atoms with E-state index in [-0.39, 0.29) is 0 Å². The zero-order valence-corrected chi connectivity index (χ0v) is 14.4. The van der Waals surface area contributed by atoms with Crippen LogP contribution in [0.5, 0.6) is 5.75 Å². The second-order valence-electron chi connectivity index (χ2n) is 4.41. The predicted octanol–water partition coefficient (Wildman–Crippen LogP) is 3.08. The molecule has 1 aromatic carbocycles. The van der Waals surface area contributed by atoms with E-state index in [2.05, 4.69) is 37.6 Å². The zero-order chi connectivity index (χ0) is 15.1. The van der Waals surface area contributed by atoms with Crippen molar-refractivity contribution < 1.29 is 4.74 Å². The Morgan fingerprint density at radius 1 is 1.38 bits per heavy atom. The number of ether oxygens (including phenoxy) is 1. The molecule has 2 aromatic rings. The molecular formula is C14H19BrN4OS. The summed E-state index contributed by atoms with van der Waals surface area (Å²) in [6, 6.07) is 7.83. The van der Waals surface area contributed by atoms with Gasteiger partial charge < -0.3 is 15.0 Å². The van der Waals surface area contributed by atoms with Gasteiger partial charge in [-0.3, -0.25) is 0 Å². The summed E-state index contributed by atoms with van der Waals surface area (Å²) in [5.74, 6) is 2.52. The number of aromatic nitrogens is 3. The Bertz CT molecular complexity index is 576. The van der Waals surface area contributed by atoms with E-state index in [1.807, 2.05) is 24.3 Å². The molecule has 2 rings (SSSR count). The Morgan fingerprint density at radius 3 is 2.95 bits per heavy atom. The molecule has 5 nitrogen and oxygen atoms in total. The second kappa shape index (κ2) is 8.41. The van der Waals surface area contributed by atoms with Crippen molar-refractivity contribution in [2.75, 3.05) is 12.4 Å². The second-order valence-corrected chi connectivity index (χ2v) is 6.39. The first-order chi connectivity index (χ1) is 10.2. The van der Waals surface area contributed by atoms with Gasteiger partial charge in [-0.05, 0) is 24.6 Å². The summed E-state index contributed by atoms with van der Waals surface area (Å²) in [6.45, 7) is 4.07. The summed E-state index contributed by atoms with van der Waals surface area (Å²) in [7, 11) is 0. The highest BCUT2D eigenvalue weighted by molar-refractivity contribution is 9.10. The van der Waals surface area contributed by atoms with Gasteiger partial charge in [-0.2, -0.15) is 0 Å². The van der Waals surface area contributed by atoms with Gasteiger partial charge in [0, 0.05) is 16.8 Å². The maximum atomic E-state index is 5.71. The van der Waals surface area contributed by atoms with Crippen molar-refractivity contribution in [3.63, 3.8) is 0 Å². The number of nitrogens with two attached hydrogens (primary N) is 1. The van der Waals surface area contributed by atoms with Gasteiger partial charge in [0.2, 0.25) is 0 Å². The summed E-state index contributed by atoms with van der Waals surface area (Å²) in [5, 5.41) is 9.23. The Hall–Kier alpha value is -1.05. The lowest BCUT2D eigenvalue weighted by Gasteiger charge is -2.08. The van der Waals surface area contributed by atoms with Crippen LogP contribution in [0.15, 0.2) is 33.9 Å². The van der Waals surface area contributed by atoms with E-state index in [4.69, 9.17) is 10.5 Å². The standard InChI is InChI=1S/C14H19BrN4OS/c1-2-6-19-13(10-16)17-18-14(19)21-8-7-20-12-5-3-4-11(15)9-12/h3-5,9H,2,6-8,10,16H2,1H3. The molecule has 0 atom stereocenters. The van der Waals surface area contributed by atoms with Crippen molar-refractivity contribution in [2.24, 2.45) is 5.73 Å². The minimum atomic E-state index is 0.419. The van der Waals surface area contributed by atoms with Crippen molar-refractivity contribution in [3.05, 3.63) is 34.6 Å². The van der Waals surface area contributed by atoms with Crippen LogP contribution in [0.2, 0.25) is 0 Å². The van der Waals surface area contributed by atoms with Crippen LogP contribution in [0.25, 0.3) is 0 Å². The van der Waals surface area contributed by atoms with Gasteiger partial charge in [0.25, 0.3) is 0 Å². The molecule has 0 spiro atoms. The van der Waals surface area contributed by atoms with Gasteiger partial charge in [0.15, 0.2) is 5.16 Å². The molecule has 1 aromatic heterocycles. The topological polar surface area (TPSA) is 66.0 Å². The first kappa shape index (κ1) is 16.3. The fourth-order valence-corrected chi connectivity index (χ4v) is 3.05. The highest BCUT2D eigenvalue weighted by Gasteiger charge is 2.10. The third-order valence-corrected chi connectivity index (χ3v) is 4.23. The minimum absolute atomic E-state index is 0.419. The fourth-order valence-electron chi connectivity index (χ4n) is 1.87. The molecule has 0 bridgehead atoms. The van der Waals surface area contributed by atoms with Gasteiger partial charge in [0.05, 0.1) is 13.2 Å². The van der Waals surface area contributed by atoms with E-state index in [1.165, 1.54) is 0 Å². The summed E-state index contributed by atoms with van der Waals surface area (Å²) >= 11 is 5.07. The number of rotatable bonds is 8. The third kappa shape index (κ3) is 4.72. The SMILES string of the molecule is CCCn1c(CN)nnc1SCCOc1cccc(Br)c1. The van der Waals surface area contributed by atoms with E-state index in [1.54, 1.807) is 11.8 Å². The molecule has 7 heteroatoms. The summed E-state index contributed by atoms with van der Waals surface area (Å²) in [4.78, 5) is 0. The number of hydrogen-bond acceptors (Lipinski definition) is 5. The average Bonchev–Trinajstić information content (AvgIpc) is 2.86. The minimum Gasteiger partial charge on any atom is -0.493 e. The number of halogens is 1. The zero-order valence-electron chi connectivity index (χ0n) is 12.0. The highest BCUT2D eigenvalue weighted by atomic mass is 79.9. The van der Waals surface area contributed by atoms with Crippen LogP contribution in [0.3, 0.4) is 0 Å². The van der Waals surface area contributed by atoms with Crippen molar-refractivity contribution in [3.8, 4) is 5.75 Å². The Balaban J connectivity index is 1.84. The first-order valence-corrected chi connectivity index (χ1v) is 8.65. The summed E-state index contributed by atoms with van der Waals surface area (Å²) in [5.41, 5.74) is 5.68. The lowest BCUT2D eigenvalue weighted by molar-refractivity contribution is 0.343. The number of nitrogens with zero attached hydrogens (tertiary/aromatic N) is 3. The molecule has 1 heterocycles. The van der Waals surface area contributed by atoms with E-state index >= 15 is 0 Å². The molecule has 0 amide bonds. The Kier molecular flexibility index (Phi) is 6.53. The van der Waals surface area contributed by atoms with Crippen molar-refractivity contribution in [1.29, 1.82) is 0 Å². The number of hydrogen-bond donors (Lipinski definition) is 1. The molecule has 0 aliphatic heterocycles. The average molecular weight is 371 g/mol. The number of benzene rings is 1.